The van der Waals surface area contributed by atoms with Crippen LogP contribution >= 0.6 is 0 Å². The molecular weight excluding hydrogens is 126 g/mol. The minimum absolute atomic E-state index is 0.296. The van der Waals surface area contributed by atoms with Crippen LogP contribution in [0.1, 0.15) is 34.6 Å². The van der Waals surface area contributed by atoms with Gasteiger partial charge in [0.25, 0.3) is 0 Å². The topological polar surface area (TPSA) is 21.3 Å². The molecule has 0 radical (unpaired) electrons. The van der Waals surface area contributed by atoms with Crippen LogP contribution in [0, 0.1) is 0 Å². The van der Waals surface area contributed by atoms with E-state index in [1.807, 2.05) is 34.6 Å². The SMILES string of the molecule is CC.CC.CC1NCCO1. The van der Waals surface area contributed by atoms with E-state index in [4.69, 9.17) is 4.74 Å². The van der Waals surface area contributed by atoms with Gasteiger partial charge in [-0.05, 0) is 6.92 Å². The van der Waals surface area contributed by atoms with Gasteiger partial charge in [0.2, 0.25) is 0 Å². The lowest BCUT2D eigenvalue weighted by molar-refractivity contribution is 0.116. The highest BCUT2D eigenvalue weighted by Crippen LogP contribution is 1.89. The van der Waals surface area contributed by atoms with E-state index in [1.54, 1.807) is 0 Å². The van der Waals surface area contributed by atoms with E-state index in [9.17, 15) is 0 Å². The van der Waals surface area contributed by atoms with Crippen LogP contribution < -0.4 is 5.32 Å². The van der Waals surface area contributed by atoms with Gasteiger partial charge in [-0.3, -0.25) is 5.32 Å². The summed E-state index contributed by atoms with van der Waals surface area (Å²) in [5.74, 6) is 0. The largest absolute Gasteiger partial charge is 0.362 e. The summed E-state index contributed by atoms with van der Waals surface area (Å²) < 4.78 is 5.04. The minimum Gasteiger partial charge on any atom is -0.362 e. The van der Waals surface area contributed by atoms with Crippen LogP contribution in [0.15, 0.2) is 0 Å². The van der Waals surface area contributed by atoms with Gasteiger partial charge in [-0.2, -0.15) is 0 Å². The monoisotopic (exact) mass is 147 g/mol. The Labute approximate surface area is 65.0 Å². The Bertz CT molecular complexity index is 42.5. The maximum Gasteiger partial charge on any atom is 0.105 e. The zero-order chi connectivity index (χ0) is 8.41. The molecule has 0 aromatic heterocycles. The first-order chi connectivity index (χ1) is 4.89. The molecule has 1 atom stereocenters. The minimum atomic E-state index is 0.296. The van der Waals surface area contributed by atoms with Gasteiger partial charge < -0.3 is 4.74 Å². The summed E-state index contributed by atoms with van der Waals surface area (Å²) in [5, 5.41) is 3.10. The zero-order valence-corrected chi connectivity index (χ0v) is 7.90. The van der Waals surface area contributed by atoms with Gasteiger partial charge >= 0.3 is 0 Å². The molecule has 1 N–H and O–H groups in total. The van der Waals surface area contributed by atoms with Crippen molar-refractivity contribution in [1.82, 2.24) is 5.32 Å². The molecule has 0 aliphatic carbocycles. The van der Waals surface area contributed by atoms with E-state index < -0.39 is 0 Å². The molecule has 2 heteroatoms. The molecule has 0 bridgehead atoms. The van der Waals surface area contributed by atoms with Crippen molar-refractivity contribution in [2.24, 2.45) is 0 Å². The second-order valence-electron chi connectivity index (χ2n) is 1.47. The van der Waals surface area contributed by atoms with Crippen molar-refractivity contribution < 1.29 is 4.74 Å². The van der Waals surface area contributed by atoms with Crippen molar-refractivity contribution in [2.45, 2.75) is 40.8 Å². The van der Waals surface area contributed by atoms with Crippen molar-refractivity contribution >= 4 is 0 Å². The Hall–Kier alpha value is -0.0800. The first-order valence-corrected chi connectivity index (χ1v) is 4.24. The molecule has 1 saturated heterocycles. The number of rotatable bonds is 0. The molecule has 1 heterocycles. The van der Waals surface area contributed by atoms with Gasteiger partial charge in [-0.25, -0.2) is 0 Å². The zero-order valence-electron chi connectivity index (χ0n) is 7.90. The van der Waals surface area contributed by atoms with E-state index in [0.717, 1.165) is 13.2 Å². The lowest BCUT2D eigenvalue weighted by atomic mass is 10.7. The predicted octanol–water partition coefficient (Wildman–Crippen LogP) is 2.00. The Morgan fingerprint density at radius 1 is 1.20 bits per heavy atom. The summed E-state index contributed by atoms with van der Waals surface area (Å²) in [6.07, 6.45) is 0.296. The quantitative estimate of drug-likeness (QED) is 0.566. The number of hydrogen-bond acceptors (Lipinski definition) is 2. The summed E-state index contributed by atoms with van der Waals surface area (Å²) in [6, 6.07) is 0. The van der Waals surface area contributed by atoms with E-state index in [1.165, 1.54) is 0 Å². The molecule has 0 amide bonds. The van der Waals surface area contributed by atoms with Crippen molar-refractivity contribution in [3.8, 4) is 0 Å². The molecule has 2 nitrogen and oxygen atoms in total. The molecule has 1 fully saturated rings. The standard InChI is InChI=1S/C4H9NO.2C2H6/c1-4-5-2-3-6-4;2*1-2/h4-5H,2-3H2,1H3;2*1-2H3. The molecule has 0 saturated carbocycles. The van der Waals surface area contributed by atoms with Crippen LogP contribution in [0.5, 0.6) is 0 Å². The van der Waals surface area contributed by atoms with Crippen molar-refractivity contribution in [2.75, 3.05) is 13.2 Å². The highest BCUT2D eigenvalue weighted by Gasteiger charge is 2.05. The van der Waals surface area contributed by atoms with Gasteiger partial charge in [0, 0.05) is 6.54 Å². The van der Waals surface area contributed by atoms with Crippen molar-refractivity contribution in [3.63, 3.8) is 0 Å². The van der Waals surface area contributed by atoms with E-state index in [-0.39, 0.29) is 0 Å². The van der Waals surface area contributed by atoms with Crippen molar-refractivity contribution in [1.29, 1.82) is 0 Å². The molecule has 0 spiro atoms. The summed E-state index contributed by atoms with van der Waals surface area (Å²) in [7, 11) is 0. The van der Waals surface area contributed by atoms with Gasteiger partial charge in [-0.15, -0.1) is 0 Å². The van der Waals surface area contributed by atoms with Crippen LogP contribution in [0.3, 0.4) is 0 Å². The van der Waals surface area contributed by atoms with Gasteiger partial charge in [0.15, 0.2) is 0 Å². The molecule has 1 unspecified atom stereocenters. The molecular formula is C8H21NO. The Balaban J connectivity index is 0. The number of ether oxygens (including phenoxy) is 1. The average molecular weight is 147 g/mol. The number of nitrogens with one attached hydrogen (secondary N) is 1. The van der Waals surface area contributed by atoms with Crippen LogP contribution in [0.2, 0.25) is 0 Å². The maximum atomic E-state index is 5.04. The number of hydrogen-bond donors (Lipinski definition) is 1. The molecule has 1 aliphatic heterocycles. The Kier molecular flexibility index (Phi) is 14.7. The highest BCUT2D eigenvalue weighted by atomic mass is 16.5. The molecule has 0 aromatic carbocycles. The summed E-state index contributed by atoms with van der Waals surface area (Å²) in [5.41, 5.74) is 0. The first-order valence-electron chi connectivity index (χ1n) is 4.24. The fraction of sp³-hybridized carbons (Fsp3) is 1.00. The van der Waals surface area contributed by atoms with E-state index in [2.05, 4.69) is 5.32 Å². The molecule has 10 heavy (non-hydrogen) atoms. The van der Waals surface area contributed by atoms with Crippen LogP contribution in [0.25, 0.3) is 0 Å². The molecule has 0 aromatic rings. The Morgan fingerprint density at radius 3 is 1.80 bits per heavy atom. The predicted molar refractivity (Wildman–Crippen MR) is 46.1 cm³/mol. The Morgan fingerprint density at radius 2 is 1.70 bits per heavy atom. The normalized spacial score (nSPS) is 21.9. The van der Waals surface area contributed by atoms with Crippen LogP contribution in [0.4, 0.5) is 0 Å². The lowest BCUT2D eigenvalue weighted by Crippen LogP contribution is -2.17. The molecule has 1 rings (SSSR count). The van der Waals surface area contributed by atoms with Gasteiger partial charge in [0.05, 0.1) is 6.61 Å². The summed E-state index contributed by atoms with van der Waals surface area (Å²) in [4.78, 5) is 0. The first kappa shape index (κ1) is 12.6. The fourth-order valence-electron chi connectivity index (χ4n) is 0.557. The van der Waals surface area contributed by atoms with Crippen LogP contribution in [-0.2, 0) is 4.74 Å². The third kappa shape index (κ3) is 7.92. The highest BCUT2D eigenvalue weighted by molar-refractivity contribution is 4.54. The van der Waals surface area contributed by atoms with Crippen LogP contribution in [-0.4, -0.2) is 19.4 Å². The van der Waals surface area contributed by atoms with E-state index in [0.29, 0.717) is 6.23 Å². The summed E-state index contributed by atoms with van der Waals surface area (Å²) in [6.45, 7) is 11.9. The smallest absolute Gasteiger partial charge is 0.105 e. The average Bonchev–Trinajstić information content (AvgIpc) is 2.48. The second-order valence-corrected chi connectivity index (χ2v) is 1.47. The third-order valence-corrected chi connectivity index (χ3v) is 0.902. The maximum absolute atomic E-state index is 5.04. The molecule has 1 aliphatic rings. The summed E-state index contributed by atoms with van der Waals surface area (Å²) >= 11 is 0. The lowest BCUT2D eigenvalue weighted by Gasteiger charge is -1.96. The fourth-order valence-corrected chi connectivity index (χ4v) is 0.557. The second kappa shape index (κ2) is 11.7. The van der Waals surface area contributed by atoms with Gasteiger partial charge in [-0.1, -0.05) is 27.7 Å². The van der Waals surface area contributed by atoms with E-state index >= 15 is 0 Å². The molecule has 64 valence electrons. The third-order valence-electron chi connectivity index (χ3n) is 0.902. The van der Waals surface area contributed by atoms with Gasteiger partial charge in [0.1, 0.15) is 6.23 Å². The van der Waals surface area contributed by atoms with Crippen molar-refractivity contribution in [3.05, 3.63) is 0 Å².